The molecule has 0 radical (unpaired) electrons. The molecule has 0 bridgehead atoms. The average Bonchev–Trinajstić information content (AvgIpc) is 2.86. The second-order valence-electron chi connectivity index (χ2n) is 8.01. The van der Waals surface area contributed by atoms with Gasteiger partial charge in [0.25, 0.3) is 20.2 Å². The first-order chi connectivity index (χ1) is 17.1. The van der Waals surface area contributed by atoms with Gasteiger partial charge in [-0.25, -0.2) is 0 Å². The fraction of sp³-hybridized carbons (Fsp3) is 0. The molecule has 186 valence electrons. The molecular formula is C28H24Na2O6S2. The van der Waals surface area contributed by atoms with Crippen LogP contribution < -0.4 is 59.1 Å². The Labute approximate surface area is 270 Å². The second kappa shape index (κ2) is 14.0. The quantitative estimate of drug-likeness (QED) is 0.191. The third-order valence-electron chi connectivity index (χ3n) is 5.40. The van der Waals surface area contributed by atoms with Gasteiger partial charge in [0.1, 0.15) is 0 Å². The van der Waals surface area contributed by atoms with Gasteiger partial charge in [-0.1, -0.05) is 97.1 Å². The largest absolute Gasteiger partial charge is 1.00 e. The minimum atomic E-state index is -4.24. The Morgan fingerprint density at radius 1 is 0.474 bits per heavy atom. The van der Waals surface area contributed by atoms with Crippen molar-refractivity contribution in [3.8, 4) is 11.1 Å². The zero-order valence-electron chi connectivity index (χ0n) is 22.9. The van der Waals surface area contributed by atoms with Gasteiger partial charge in [0.2, 0.25) is 0 Å². The Morgan fingerprint density at radius 2 is 0.789 bits per heavy atom. The molecule has 0 saturated carbocycles. The normalized spacial score (nSPS) is 11.7. The van der Waals surface area contributed by atoms with E-state index in [1.165, 1.54) is 24.3 Å². The van der Waals surface area contributed by atoms with Crippen LogP contribution in [0.15, 0.2) is 107 Å². The number of rotatable bonds is 7. The van der Waals surface area contributed by atoms with Crippen LogP contribution >= 0.6 is 0 Å². The van der Waals surface area contributed by atoms with Crippen LogP contribution in [0, 0.1) is 0 Å². The molecule has 0 spiro atoms. The monoisotopic (exact) mass is 566 g/mol. The molecule has 4 aromatic rings. The standard InChI is InChI=1S/C28H22O6S2.2Na.2H/c29-35(30,31)27-5-1-3-23(19-27)9-7-21-11-15-25(16-12-21)26-17-13-22(14-18-26)8-10-24-4-2-6-28(20-24)36(32,33)34;;;;/h1-20H,(H,29,30,31)(H,32,33,34);;;;/q;2*+1;2*-1/b9-7+,10-8+;;;;. The van der Waals surface area contributed by atoms with Gasteiger partial charge in [-0.2, -0.15) is 16.8 Å². The molecule has 0 amide bonds. The van der Waals surface area contributed by atoms with Crippen molar-refractivity contribution >= 4 is 44.5 Å². The van der Waals surface area contributed by atoms with Crippen molar-refractivity contribution in [2.75, 3.05) is 0 Å². The summed E-state index contributed by atoms with van der Waals surface area (Å²) in [5.41, 5.74) is 5.23. The molecule has 4 aromatic carbocycles. The summed E-state index contributed by atoms with van der Waals surface area (Å²) < 4.78 is 63.6. The number of hydrogen-bond acceptors (Lipinski definition) is 4. The van der Waals surface area contributed by atoms with E-state index in [9.17, 15) is 25.9 Å². The van der Waals surface area contributed by atoms with Crippen molar-refractivity contribution in [1.29, 1.82) is 0 Å². The number of benzene rings is 4. The molecule has 38 heavy (non-hydrogen) atoms. The van der Waals surface area contributed by atoms with Crippen molar-refractivity contribution in [2.45, 2.75) is 9.79 Å². The van der Waals surface area contributed by atoms with Gasteiger partial charge in [-0.05, 0) is 57.6 Å². The number of hydrogen-bond donors (Lipinski definition) is 2. The van der Waals surface area contributed by atoms with E-state index in [0.717, 1.165) is 22.3 Å². The van der Waals surface area contributed by atoms with Crippen molar-refractivity contribution in [2.24, 2.45) is 0 Å². The van der Waals surface area contributed by atoms with E-state index in [-0.39, 0.29) is 71.8 Å². The molecular weight excluding hydrogens is 542 g/mol. The maximum Gasteiger partial charge on any atom is 1.00 e. The summed E-state index contributed by atoms with van der Waals surface area (Å²) in [6.45, 7) is 0. The molecule has 0 atom stereocenters. The van der Waals surface area contributed by atoms with E-state index in [4.69, 9.17) is 0 Å². The first-order valence-electron chi connectivity index (χ1n) is 10.8. The molecule has 0 aliphatic carbocycles. The van der Waals surface area contributed by atoms with Crippen LogP contribution in [0.4, 0.5) is 0 Å². The summed E-state index contributed by atoms with van der Waals surface area (Å²) >= 11 is 0. The smallest absolute Gasteiger partial charge is 1.00 e. The Kier molecular flexibility index (Phi) is 11.9. The predicted octanol–water partition coefficient (Wildman–Crippen LogP) is 0.421. The van der Waals surface area contributed by atoms with Gasteiger partial charge in [0.05, 0.1) is 9.79 Å². The van der Waals surface area contributed by atoms with Crippen molar-refractivity contribution in [3.63, 3.8) is 0 Å². The summed E-state index contributed by atoms with van der Waals surface area (Å²) in [5, 5.41) is 0. The van der Waals surface area contributed by atoms with Crippen LogP contribution in [0.25, 0.3) is 35.4 Å². The van der Waals surface area contributed by atoms with Crippen LogP contribution in [0.1, 0.15) is 25.1 Å². The van der Waals surface area contributed by atoms with Crippen molar-refractivity contribution < 1.29 is 87.9 Å². The Balaban J connectivity index is 0.00000380. The van der Waals surface area contributed by atoms with E-state index in [1.807, 2.05) is 60.7 Å². The van der Waals surface area contributed by atoms with E-state index in [2.05, 4.69) is 0 Å². The molecule has 4 rings (SSSR count). The SMILES string of the molecule is O=S(=O)(O)c1cccc(/C=C/c2ccc(-c3ccc(/C=C/c4cccc(S(=O)(=O)O)c4)cc3)cc2)c1.[H-].[H-].[Na+].[Na+]. The topological polar surface area (TPSA) is 109 Å². The Hall–Kier alpha value is -1.82. The van der Waals surface area contributed by atoms with Gasteiger partial charge in [-0.3, -0.25) is 9.11 Å². The van der Waals surface area contributed by atoms with E-state index >= 15 is 0 Å². The third-order valence-corrected chi connectivity index (χ3v) is 7.10. The van der Waals surface area contributed by atoms with Crippen LogP contribution in [-0.2, 0) is 20.2 Å². The van der Waals surface area contributed by atoms with Gasteiger partial charge in [-0.15, -0.1) is 0 Å². The first-order valence-corrected chi connectivity index (χ1v) is 13.7. The summed E-state index contributed by atoms with van der Waals surface area (Å²) in [5.74, 6) is 0. The average molecular weight is 567 g/mol. The molecule has 0 saturated heterocycles. The predicted molar refractivity (Wildman–Crippen MR) is 144 cm³/mol. The minimum absolute atomic E-state index is 0. The van der Waals surface area contributed by atoms with Gasteiger partial charge < -0.3 is 2.85 Å². The maximum absolute atomic E-state index is 11.3. The fourth-order valence-corrected chi connectivity index (χ4v) is 4.59. The molecule has 0 fully saturated rings. The molecule has 0 heterocycles. The van der Waals surface area contributed by atoms with Crippen LogP contribution in [0.5, 0.6) is 0 Å². The van der Waals surface area contributed by atoms with Crippen molar-refractivity contribution in [3.05, 3.63) is 119 Å². The summed E-state index contributed by atoms with van der Waals surface area (Å²) in [7, 11) is -8.48. The zero-order valence-corrected chi connectivity index (χ0v) is 26.5. The van der Waals surface area contributed by atoms with Crippen LogP contribution in [0.3, 0.4) is 0 Å². The Morgan fingerprint density at radius 3 is 1.11 bits per heavy atom. The minimum Gasteiger partial charge on any atom is -1.00 e. The van der Waals surface area contributed by atoms with Gasteiger partial charge in [0.15, 0.2) is 0 Å². The van der Waals surface area contributed by atoms with E-state index in [1.54, 1.807) is 36.4 Å². The molecule has 0 aliphatic heterocycles. The molecule has 0 unspecified atom stereocenters. The third kappa shape index (κ3) is 9.14. The fourth-order valence-electron chi connectivity index (χ4n) is 3.52. The van der Waals surface area contributed by atoms with Crippen LogP contribution in [0.2, 0.25) is 0 Å². The first kappa shape index (κ1) is 32.4. The summed E-state index contributed by atoms with van der Waals surface area (Å²) in [6, 6.07) is 27.9. The van der Waals surface area contributed by atoms with Crippen LogP contribution in [-0.4, -0.2) is 25.9 Å². The molecule has 0 aromatic heterocycles. The maximum atomic E-state index is 11.3. The summed E-state index contributed by atoms with van der Waals surface area (Å²) in [4.78, 5) is -0.296. The molecule has 10 heteroatoms. The molecule has 0 aliphatic rings. The van der Waals surface area contributed by atoms with E-state index < -0.39 is 20.2 Å². The summed E-state index contributed by atoms with van der Waals surface area (Å²) in [6.07, 6.45) is 7.27. The molecule has 6 nitrogen and oxygen atoms in total. The van der Waals surface area contributed by atoms with E-state index in [0.29, 0.717) is 11.1 Å². The zero-order chi connectivity index (χ0) is 25.8. The second-order valence-corrected chi connectivity index (χ2v) is 10.8. The molecule has 2 N–H and O–H groups in total. The van der Waals surface area contributed by atoms with Gasteiger partial charge >= 0.3 is 59.1 Å². The van der Waals surface area contributed by atoms with Crippen molar-refractivity contribution in [1.82, 2.24) is 0 Å². The van der Waals surface area contributed by atoms with Gasteiger partial charge in [0, 0.05) is 0 Å². The Bertz CT molecular complexity index is 1550.